The number of hydrogen-bond donors (Lipinski definition) is 3. The molecule has 1 amide bonds. The lowest BCUT2D eigenvalue weighted by Crippen LogP contribution is -2.35. The largest absolute Gasteiger partial charge is 0.573 e. The molecule has 1 fully saturated rings. The van der Waals surface area contributed by atoms with E-state index < -0.39 is 12.4 Å². The maximum atomic E-state index is 12.1. The van der Waals surface area contributed by atoms with E-state index in [4.69, 9.17) is 5.73 Å². The summed E-state index contributed by atoms with van der Waals surface area (Å²) in [4.78, 5) is 11.9. The van der Waals surface area contributed by atoms with Crippen molar-refractivity contribution in [3.63, 3.8) is 0 Å². The van der Waals surface area contributed by atoms with Gasteiger partial charge in [0.05, 0.1) is 6.04 Å². The zero-order valence-corrected chi connectivity index (χ0v) is 10.4. The number of amides is 1. The van der Waals surface area contributed by atoms with Gasteiger partial charge in [-0.2, -0.15) is 0 Å². The summed E-state index contributed by atoms with van der Waals surface area (Å²) >= 11 is 0. The number of carbonyl (C=O) groups is 1. The first-order valence-electron chi connectivity index (χ1n) is 5.99. The molecule has 5 nitrogen and oxygen atoms in total. The molecule has 0 radical (unpaired) electrons. The summed E-state index contributed by atoms with van der Waals surface area (Å²) in [6.45, 7) is 0.537. The Morgan fingerprint density at radius 2 is 2.20 bits per heavy atom. The van der Waals surface area contributed by atoms with Crippen molar-refractivity contribution < 1.29 is 22.7 Å². The van der Waals surface area contributed by atoms with Crippen molar-refractivity contribution in [3.8, 4) is 5.75 Å². The second kappa shape index (κ2) is 5.68. The van der Waals surface area contributed by atoms with E-state index >= 15 is 0 Å². The lowest BCUT2D eigenvalue weighted by Gasteiger charge is -2.13. The lowest BCUT2D eigenvalue weighted by molar-refractivity contribution is -0.274. The summed E-state index contributed by atoms with van der Waals surface area (Å²) in [5, 5.41) is 5.46. The number of alkyl halides is 3. The normalized spacial score (nSPS) is 22.6. The zero-order chi connectivity index (χ0) is 14.8. The monoisotopic (exact) mass is 289 g/mol. The van der Waals surface area contributed by atoms with E-state index in [1.165, 1.54) is 12.1 Å². The van der Waals surface area contributed by atoms with Crippen LogP contribution in [0.25, 0.3) is 0 Å². The summed E-state index contributed by atoms with van der Waals surface area (Å²) in [5.74, 6) is -0.714. The maximum Gasteiger partial charge on any atom is 0.573 e. The fourth-order valence-electron chi connectivity index (χ4n) is 1.96. The maximum absolute atomic E-state index is 12.1. The molecule has 0 spiro atoms. The number of ether oxygens (including phenoxy) is 1. The number of hydrogen-bond acceptors (Lipinski definition) is 4. The van der Waals surface area contributed by atoms with Gasteiger partial charge in [-0.1, -0.05) is 6.07 Å². The van der Waals surface area contributed by atoms with Gasteiger partial charge < -0.3 is 21.1 Å². The van der Waals surface area contributed by atoms with Crippen molar-refractivity contribution in [3.05, 3.63) is 24.3 Å². The van der Waals surface area contributed by atoms with Gasteiger partial charge in [0.15, 0.2) is 0 Å². The SMILES string of the molecule is NC1CNC(C(=O)Nc2cccc(OC(F)(F)F)c2)C1. The van der Waals surface area contributed by atoms with Crippen LogP contribution >= 0.6 is 0 Å². The van der Waals surface area contributed by atoms with E-state index in [1.807, 2.05) is 0 Å². The summed E-state index contributed by atoms with van der Waals surface area (Å²) in [5.41, 5.74) is 5.90. The zero-order valence-electron chi connectivity index (χ0n) is 10.4. The van der Waals surface area contributed by atoms with Gasteiger partial charge in [0, 0.05) is 24.3 Å². The molecule has 1 heterocycles. The first-order chi connectivity index (χ1) is 9.33. The Labute approximate surface area is 113 Å². The molecule has 2 unspecified atom stereocenters. The molecule has 0 aromatic heterocycles. The van der Waals surface area contributed by atoms with E-state index in [1.54, 1.807) is 0 Å². The smallest absolute Gasteiger partial charge is 0.406 e. The summed E-state index contributed by atoms with van der Waals surface area (Å²) in [6.07, 6.45) is -4.27. The molecule has 8 heteroatoms. The van der Waals surface area contributed by atoms with Gasteiger partial charge in [-0.05, 0) is 18.6 Å². The van der Waals surface area contributed by atoms with Crippen LogP contribution in [0.5, 0.6) is 5.75 Å². The standard InChI is InChI=1S/C12H14F3N3O2/c13-12(14,15)20-9-3-1-2-8(5-9)18-11(19)10-4-7(16)6-17-10/h1-3,5,7,10,17H,4,6,16H2,(H,18,19). The van der Waals surface area contributed by atoms with Crippen LogP contribution in [-0.4, -0.2) is 30.9 Å². The molecule has 0 bridgehead atoms. The molecule has 1 aromatic carbocycles. The van der Waals surface area contributed by atoms with E-state index in [0.29, 0.717) is 13.0 Å². The van der Waals surface area contributed by atoms with Crippen molar-refractivity contribution >= 4 is 11.6 Å². The number of nitrogens with two attached hydrogens (primary N) is 1. The molecule has 1 aliphatic rings. The van der Waals surface area contributed by atoms with Gasteiger partial charge in [-0.25, -0.2) is 0 Å². The van der Waals surface area contributed by atoms with Crippen LogP contribution in [0, 0.1) is 0 Å². The van der Waals surface area contributed by atoms with Crippen molar-refractivity contribution in [2.75, 3.05) is 11.9 Å². The Bertz CT molecular complexity index is 493. The van der Waals surface area contributed by atoms with Crippen molar-refractivity contribution in [2.45, 2.75) is 24.9 Å². The Hall–Kier alpha value is -1.80. The number of carbonyl (C=O) groups excluding carboxylic acids is 1. The van der Waals surface area contributed by atoms with Crippen molar-refractivity contribution in [1.82, 2.24) is 5.32 Å². The number of rotatable bonds is 3. The molecular weight excluding hydrogens is 275 g/mol. The quantitative estimate of drug-likeness (QED) is 0.782. The third-order valence-corrected chi connectivity index (χ3v) is 2.82. The minimum absolute atomic E-state index is 0.0920. The summed E-state index contributed by atoms with van der Waals surface area (Å²) in [6, 6.07) is 4.59. The average molecular weight is 289 g/mol. The van der Waals surface area contributed by atoms with Crippen LogP contribution < -0.4 is 21.1 Å². The molecule has 20 heavy (non-hydrogen) atoms. The Morgan fingerprint density at radius 3 is 2.80 bits per heavy atom. The molecule has 1 aromatic rings. The minimum atomic E-state index is -4.76. The van der Waals surface area contributed by atoms with Crippen LogP contribution in [0.15, 0.2) is 24.3 Å². The number of halogens is 3. The topological polar surface area (TPSA) is 76.4 Å². The van der Waals surface area contributed by atoms with Crippen molar-refractivity contribution in [2.24, 2.45) is 5.73 Å². The van der Waals surface area contributed by atoms with Gasteiger partial charge in [0.25, 0.3) is 0 Å². The van der Waals surface area contributed by atoms with E-state index in [0.717, 1.165) is 12.1 Å². The predicted molar refractivity (Wildman–Crippen MR) is 66.1 cm³/mol. The van der Waals surface area contributed by atoms with Crippen LogP contribution in [0.2, 0.25) is 0 Å². The number of anilines is 1. The Balaban J connectivity index is 1.99. The third-order valence-electron chi connectivity index (χ3n) is 2.82. The van der Waals surface area contributed by atoms with E-state index in [-0.39, 0.29) is 23.4 Å². The molecule has 0 aliphatic carbocycles. The molecule has 2 atom stereocenters. The highest BCUT2D eigenvalue weighted by Gasteiger charge is 2.31. The third kappa shape index (κ3) is 4.10. The predicted octanol–water partition coefficient (Wildman–Crippen LogP) is 1.21. The Morgan fingerprint density at radius 1 is 1.45 bits per heavy atom. The van der Waals surface area contributed by atoms with Gasteiger partial charge in [0.1, 0.15) is 5.75 Å². The van der Waals surface area contributed by atoms with Crippen LogP contribution in [0.1, 0.15) is 6.42 Å². The highest BCUT2D eigenvalue weighted by molar-refractivity contribution is 5.95. The summed E-state index contributed by atoms with van der Waals surface area (Å²) in [7, 11) is 0. The van der Waals surface area contributed by atoms with Crippen LogP contribution in [0.3, 0.4) is 0 Å². The van der Waals surface area contributed by atoms with Crippen molar-refractivity contribution in [1.29, 1.82) is 0 Å². The van der Waals surface area contributed by atoms with Gasteiger partial charge in [-0.3, -0.25) is 4.79 Å². The fraction of sp³-hybridized carbons (Fsp3) is 0.417. The lowest BCUT2D eigenvalue weighted by atomic mass is 10.1. The van der Waals surface area contributed by atoms with Crippen LogP contribution in [-0.2, 0) is 4.79 Å². The molecule has 1 aliphatic heterocycles. The molecule has 2 rings (SSSR count). The molecule has 110 valence electrons. The fourth-order valence-corrected chi connectivity index (χ4v) is 1.96. The molecule has 1 saturated heterocycles. The highest BCUT2D eigenvalue weighted by atomic mass is 19.4. The van der Waals surface area contributed by atoms with E-state index in [2.05, 4.69) is 15.4 Å². The second-order valence-electron chi connectivity index (χ2n) is 4.52. The van der Waals surface area contributed by atoms with E-state index in [9.17, 15) is 18.0 Å². The van der Waals surface area contributed by atoms with Crippen LogP contribution in [0.4, 0.5) is 18.9 Å². The van der Waals surface area contributed by atoms with Gasteiger partial charge in [-0.15, -0.1) is 13.2 Å². The van der Waals surface area contributed by atoms with Gasteiger partial charge >= 0.3 is 6.36 Å². The molecular formula is C12H14F3N3O2. The first-order valence-corrected chi connectivity index (χ1v) is 5.99. The second-order valence-corrected chi connectivity index (χ2v) is 4.52. The molecule has 0 saturated carbocycles. The first kappa shape index (κ1) is 14.6. The Kier molecular flexibility index (Phi) is 4.15. The number of benzene rings is 1. The molecule has 4 N–H and O–H groups in total. The minimum Gasteiger partial charge on any atom is -0.406 e. The average Bonchev–Trinajstić information content (AvgIpc) is 2.74. The summed E-state index contributed by atoms with van der Waals surface area (Å²) < 4.78 is 40.1. The highest BCUT2D eigenvalue weighted by Crippen LogP contribution is 2.25. The number of nitrogens with one attached hydrogen (secondary N) is 2. The van der Waals surface area contributed by atoms with Gasteiger partial charge in [0.2, 0.25) is 5.91 Å².